The highest BCUT2D eigenvalue weighted by Crippen LogP contribution is 2.29. The van der Waals surface area contributed by atoms with Crippen LogP contribution in [0.1, 0.15) is 38.2 Å². The van der Waals surface area contributed by atoms with E-state index in [1.807, 2.05) is 12.1 Å². The van der Waals surface area contributed by atoms with E-state index in [1.54, 1.807) is 0 Å². The molecule has 1 aromatic carbocycles. The summed E-state index contributed by atoms with van der Waals surface area (Å²) in [7, 11) is 0. The number of aromatic nitrogens is 3. The molecule has 144 valence electrons. The normalized spacial score (nSPS) is 19.2. The van der Waals surface area contributed by atoms with Crippen molar-refractivity contribution in [1.82, 2.24) is 30.7 Å². The Morgan fingerprint density at radius 2 is 2.11 bits per heavy atom. The van der Waals surface area contributed by atoms with Crippen molar-refractivity contribution < 1.29 is 0 Å². The van der Waals surface area contributed by atoms with Gasteiger partial charge in [0.25, 0.3) is 0 Å². The molecule has 3 N–H and O–H groups in total. The van der Waals surface area contributed by atoms with Crippen LogP contribution in [-0.2, 0) is 6.54 Å². The number of nitrogens with zero attached hydrogens (tertiary/aromatic N) is 4. The Morgan fingerprint density at radius 1 is 1.26 bits per heavy atom. The number of hydrogen-bond donors (Lipinski definition) is 3. The highest BCUT2D eigenvalue weighted by Gasteiger charge is 2.31. The number of nitrogens with one attached hydrogen (secondary N) is 3. The van der Waals surface area contributed by atoms with Gasteiger partial charge in [0.15, 0.2) is 11.8 Å². The second-order valence-electron chi connectivity index (χ2n) is 7.42. The molecule has 1 saturated heterocycles. The minimum absolute atomic E-state index is 0.512. The van der Waals surface area contributed by atoms with E-state index in [9.17, 15) is 0 Å². The Hall–Kier alpha value is -2.41. The van der Waals surface area contributed by atoms with Crippen LogP contribution in [0.3, 0.4) is 0 Å². The second kappa shape index (κ2) is 8.52. The molecule has 2 aromatic rings. The lowest BCUT2D eigenvalue weighted by Crippen LogP contribution is -2.49. The summed E-state index contributed by atoms with van der Waals surface area (Å²) >= 11 is 0. The number of aliphatic imine (C=N–C) groups is 1. The molecule has 2 fully saturated rings. The van der Waals surface area contributed by atoms with Crippen molar-refractivity contribution in [3.8, 4) is 11.4 Å². The van der Waals surface area contributed by atoms with Crippen molar-refractivity contribution in [2.75, 3.05) is 19.6 Å². The van der Waals surface area contributed by atoms with Gasteiger partial charge in [-0.3, -0.25) is 5.10 Å². The zero-order valence-corrected chi connectivity index (χ0v) is 16.0. The smallest absolute Gasteiger partial charge is 0.191 e. The maximum absolute atomic E-state index is 4.80. The summed E-state index contributed by atoms with van der Waals surface area (Å²) in [5, 5.41) is 13.9. The minimum Gasteiger partial charge on any atom is -0.357 e. The molecule has 1 saturated carbocycles. The monoisotopic (exact) mass is 367 g/mol. The van der Waals surface area contributed by atoms with E-state index in [-0.39, 0.29) is 0 Å². The Kier molecular flexibility index (Phi) is 5.67. The fourth-order valence-corrected chi connectivity index (χ4v) is 3.69. The first kappa shape index (κ1) is 18.0. The van der Waals surface area contributed by atoms with Gasteiger partial charge in [-0.15, -0.1) is 0 Å². The van der Waals surface area contributed by atoms with Gasteiger partial charge in [0.05, 0.1) is 6.54 Å². The van der Waals surface area contributed by atoms with Crippen molar-refractivity contribution in [3.63, 3.8) is 0 Å². The van der Waals surface area contributed by atoms with Gasteiger partial charge in [-0.2, -0.15) is 5.10 Å². The predicted molar refractivity (Wildman–Crippen MR) is 107 cm³/mol. The predicted octanol–water partition coefficient (Wildman–Crippen LogP) is 2.15. The number of likely N-dealkylation sites (tertiary alicyclic amines) is 1. The molecule has 0 amide bonds. The van der Waals surface area contributed by atoms with Gasteiger partial charge in [0.2, 0.25) is 0 Å². The third kappa shape index (κ3) is 4.86. The summed E-state index contributed by atoms with van der Waals surface area (Å²) in [4.78, 5) is 11.7. The summed E-state index contributed by atoms with van der Waals surface area (Å²) in [6, 6.07) is 9.67. The molecule has 1 aliphatic carbocycles. The topological polar surface area (TPSA) is 81.2 Å². The van der Waals surface area contributed by atoms with Crippen LogP contribution in [0.4, 0.5) is 0 Å². The molecule has 7 nitrogen and oxygen atoms in total. The maximum atomic E-state index is 4.80. The zero-order chi connectivity index (χ0) is 18.5. The van der Waals surface area contributed by atoms with Gasteiger partial charge < -0.3 is 15.5 Å². The first-order valence-corrected chi connectivity index (χ1v) is 10.1. The van der Waals surface area contributed by atoms with Gasteiger partial charge in [-0.1, -0.05) is 18.2 Å². The van der Waals surface area contributed by atoms with Crippen LogP contribution < -0.4 is 10.6 Å². The van der Waals surface area contributed by atoms with E-state index in [4.69, 9.17) is 4.99 Å². The zero-order valence-electron chi connectivity index (χ0n) is 16.0. The molecule has 1 aliphatic heterocycles. The van der Waals surface area contributed by atoms with E-state index in [2.05, 4.69) is 49.8 Å². The van der Waals surface area contributed by atoms with Crippen LogP contribution >= 0.6 is 0 Å². The fraction of sp³-hybridized carbons (Fsp3) is 0.550. The van der Waals surface area contributed by atoms with Crippen molar-refractivity contribution in [3.05, 3.63) is 36.2 Å². The Balaban J connectivity index is 1.35. The van der Waals surface area contributed by atoms with Crippen LogP contribution in [0.2, 0.25) is 0 Å². The molecule has 27 heavy (non-hydrogen) atoms. The fourth-order valence-electron chi connectivity index (χ4n) is 3.69. The average molecular weight is 368 g/mol. The van der Waals surface area contributed by atoms with E-state index >= 15 is 0 Å². The number of hydrogen-bond acceptors (Lipinski definition) is 4. The van der Waals surface area contributed by atoms with Crippen molar-refractivity contribution >= 4 is 5.96 Å². The molecule has 7 heteroatoms. The first-order chi connectivity index (χ1) is 13.3. The van der Waals surface area contributed by atoms with Crippen LogP contribution in [0.25, 0.3) is 11.4 Å². The van der Waals surface area contributed by atoms with E-state index < -0.39 is 0 Å². The first-order valence-electron chi connectivity index (χ1n) is 10.1. The van der Waals surface area contributed by atoms with E-state index in [0.717, 1.165) is 35.5 Å². The lowest BCUT2D eigenvalue weighted by atomic mass is 10.1. The quantitative estimate of drug-likeness (QED) is 0.538. The minimum atomic E-state index is 0.512. The molecule has 0 radical (unpaired) electrons. The number of benzene rings is 1. The molecule has 0 atom stereocenters. The maximum Gasteiger partial charge on any atom is 0.191 e. The number of H-pyrrole nitrogens is 1. The molecule has 0 bridgehead atoms. The van der Waals surface area contributed by atoms with Gasteiger partial charge in [-0.05, 0) is 44.2 Å². The summed E-state index contributed by atoms with van der Waals surface area (Å²) in [5.74, 6) is 1.70. The lowest BCUT2D eigenvalue weighted by molar-refractivity contribution is 0.197. The number of piperidine rings is 1. The second-order valence-corrected chi connectivity index (χ2v) is 7.42. The molecular formula is C20H29N7. The average Bonchev–Trinajstić information content (AvgIpc) is 3.40. The standard InChI is InChI=1S/C20H29N7/c1-2-21-20(25-17-8-10-27(11-9-17)18-6-7-18)22-13-15-4-3-5-16(12-15)19-23-14-24-26-19/h3-5,12,14,17-18H,2,6-11,13H2,1H3,(H2,21,22,25)(H,23,24,26). The highest BCUT2D eigenvalue weighted by molar-refractivity contribution is 5.80. The molecule has 0 spiro atoms. The number of guanidine groups is 1. The SMILES string of the molecule is CCNC(=NCc1cccc(-c2ncn[nH]2)c1)NC1CCN(C2CC2)CC1. The van der Waals surface area contributed by atoms with Gasteiger partial charge >= 0.3 is 0 Å². The largest absolute Gasteiger partial charge is 0.357 e. The van der Waals surface area contributed by atoms with Crippen molar-refractivity contribution in [1.29, 1.82) is 0 Å². The summed E-state index contributed by atoms with van der Waals surface area (Å²) in [6.45, 7) is 6.03. The molecule has 1 aromatic heterocycles. The number of rotatable bonds is 6. The van der Waals surface area contributed by atoms with Gasteiger partial charge in [0, 0.05) is 37.3 Å². The van der Waals surface area contributed by atoms with Crippen molar-refractivity contribution in [2.45, 2.75) is 51.2 Å². The van der Waals surface area contributed by atoms with Gasteiger partial charge in [0.1, 0.15) is 6.33 Å². The van der Waals surface area contributed by atoms with Crippen LogP contribution in [-0.4, -0.2) is 57.8 Å². The van der Waals surface area contributed by atoms with E-state index in [1.165, 1.54) is 45.1 Å². The van der Waals surface area contributed by atoms with Crippen LogP contribution in [0.5, 0.6) is 0 Å². The Bertz CT molecular complexity index is 743. The highest BCUT2D eigenvalue weighted by atomic mass is 15.2. The van der Waals surface area contributed by atoms with Crippen molar-refractivity contribution in [2.24, 2.45) is 4.99 Å². The number of aromatic amines is 1. The molecule has 2 aliphatic rings. The van der Waals surface area contributed by atoms with E-state index in [0.29, 0.717) is 12.6 Å². The molecule has 4 rings (SSSR count). The molecular weight excluding hydrogens is 338 g/mol. The van der Waals surface area contributed by atoms with Crippen LogP contribution in [0.15, 0.2) is 35.6 Å². The Labute approximate surface area is 160 Å². The third-order valence-electron chi connectivity index (χ3n) is 5.31. The Morgan fingerprint density at radius 3 is 2.81 bits per heavy atom. The summed E-state index contributed by atoms with van der Waals surface area (Å²) in [6.07, 6.45) is 6.72. The lowest BCUT2D eigenvalue weighted by Gasteiger charge is -2.33. The molecule has 0 unspecified atom stereocenters. The molecule has 2 heterocycles. The summed E-state index contributed by atoms with van der Waals surface area (Å²) < 4.78 is 0. The van der Waals surface area contributed by atoms with Gasteiger partial charge in [-0.25, -0.2) is 9.98 Å². The van der Waals surface area contributed by atoms with Crippen LogP contribution in [0, 0.1) is 0 Å². The summed E-state index contributed by atoms with van der Waals surface area (Å²) in [5.41, 5.74) is 2.19. The third-order valence-corrected chi connectivity index (χ3v) is 5.31.